The van der Waals surface area contributed by atoms with Crippen LogP contribution in [0.15, 0.2) is 30.6 Å². The lowest BCUT2D eigenvalue weighted by Crippen LogP contribution is -2.38. The van der Waals surface area contributed by atoms with Crippen molar-refractivity contribution in [2.75, 3.05) is 10.2 Å². The quantitative estimate of drug-likeness (QED) is 0.548. The summed E-state index contributed by atoms with van der Waals surface area (Å²) >= 11 is 1.26. The molecule has 3 amide bonds. The molecule has 31 heavy (non-hydrogen) atoms. The van der Waals surface area contributed by atoms with Gasteiger partial charge in [0.05, 0.1) is 28.5 Å². The SMILES string of the molecule is CC(C)c1cc(N2C(=O)Nc3c(C(=O)N[C@@H]4CCCC4=N)sc4nccc2c34)ccn1. The summed E-state index contributed by atoms with van der Waals surface area (Å²) < 4.78 is 0. The number of amides is 3. The van der Waals surface area contributed by atoms with Gasteiger partial charge in [0.25, 0.3) is 5.91 Å². The van der Waals surface area contributed by atoms with Gasteiger partial charge in [0.1, 0.15) is 9.71 Å². The first-order valence-electron chi connectivity index (χ1n) is 10.3. The van der Waals surface area contributed by atoms with Gasteiger partial charge in [0.2, 0.25) is 0 Å². The molecule has 2 aliphatic rings. The summed E-state index contributed by atoms with van der Waals surface area (Å²) in [6.45, 7) is 4.11. The van der Waals surface area contributed by atoms with Crippen LogP contribution < -0.4 is 15.5 Å². The first-order chi connectivity index (χ1) is 14.9. The average molecular weight is 435 g/mol. The summed E-state index contributed by atoms with van der Waals surface area (Å²) in [4.78, 5) is 37.7. The third kappa shape index (κ3) is 3.25. The maximum atomic E-state index is 13.2. The molecular weight excluding hydrogens is 412 g/mol. The first-order valence-corrected chi connectivity index (χ1v) is 11.1. The molecule has 0 spiro atoms. The Morgan fingerprint density at radius 1 is 1.32 bits per heavy atom. The Balaban J connectivity index is 1.58. The van der Waals surface area contributed by atoms with Crippen molar-refractivity contribution in [2.24, 2.45) is 0 Å². The number of nitrogens with zero attached hydrogens (tertiary/aromatic N) is 3. The van der Waals surface area contributed by atoms with Gasteiger partial charge in [0, 0.05) is 23.8 Å². The molecule has 1 fully saturated rings. The summed E-state index contributed by atoms with van der Waals surface area (Å²) in [5, 5.41) is 14.6. The minimum atomic E-state index is -0.332. The van der Waals surface area contributed by atoms with Gasteiger partial charge in [-0.3, -0.25) is 14.7 Å². The van der Waals surface area contributed by atoms with E-state index in [0.717, 1.165) is 23.9 Å². The lowest BCUT2D eigenvalue weighted by atomic mass is 10.1. The highest BCUT2D eigenvalue weighted by atomic mass is 32.1. The number of urea groups is 1. The van der Waals surface area contributed by atoms with Crippen molar-refractivity contribution < 1.29 is 9.59 Å². The molecule has 0 saturated heterocycles. The molecule has 9 heteroatoms. The van der Waals surface area contributed by atoms with Crippen LogP contribution in [0.1, 0.15) is 54.4 Å². The fraction of sp³-hybridized carbons (Fsp3) is 0.318. The number of carbonyl (C=O) groups is 2. The molecule has 4 heterocycles. The van der Waals surface area contributed by atoms with E-state index in [2.05, 4.69) is 34.4 Å². The van der Waals surface area contributed by atoms with Crippen molar-refractivity contribution in [3.05, 3.63) is 41.2 Å². The molecule has 5 rings (SSSR count). The molecule has 0 radical (unpaired) electrons. The average Bonchev–Trinajstić information content (AvgIpc) is 3.32. The van der Waals surface area contributed by atoms with Gasteiger partial charge in [-0.15, -0.1) is 11.3 Å². The molecule has 1 saturated carbocycles. The number of anilines is 3. The Hall–Kier alpha value is -3.33. The van der Waals surface area contributed by atoms with Gasteiger partial charge in [-0.05, 0) is 43.4 Å². The molecule has 3 aromatic rings. The topological polar surface area (TPSA) is 111 Å². The van der Waals surface area contributed by atoms with Crippen molar-refractivity contribution in [3.8, 4) is 0 Å². The van der Waals surface area contributed by atoms with Crippen molar-refractivity contribution in [2.45, 2.75) is 45.1 Å². The zero-order valence-corrected chi connectivity index (χ0v) is 18.0. The smallest absolute Gasteiger partial charge is 0.331 e. The molecule has 0 unspecified atom stereocenters. The predicted molar refractivity (Wildman–Crippen MR) is 122 cm³/mol. The van der Waals surface area contributed by atoms with E-state index in [-0.39, 0.29) is 23.9 Å². The van der Waals surface area contributed by atoms with Crippen LogP contribution in [0.3, 0.4) is 0 Å². The second kappa shape index (κ2) is 7.42. The van der Waals surface area contributed by atoms with E-state index >= 15 is 0 Å². The maximum absolute atomic E-state index is 13.2. The third-order valence-electron chi connectivity index (χ3n) is 5.73. The highest BCUT2D eigenvalue weighted by Crippen LogP contribution is 2.45. The molecule has 3 aromatic heterocycles. The Morgan fingerprint density at radius 2 is 2.13 bits per heavy atom. The van der Waals surface area contributed by atoms with Gasteiger partial charge in [-0.1, -0.05) is 13.8 Å². The van der Waals surface area contributed by atoms with Gasteiger partial charge >= 0.3 is 6.03 Å². The zero-order valence-electron chi connectivity index (χ0n) is 17.2. The zero-order chi connectivity index (χ0) is 21.7. The van der Waals surface area contributed by atoms with Crippen LogP contribution in [-0.2, 0) is 0 Å². The monoisotopic (exact) mass is 434 g/mol. The van der Waals surface area contributed by atoms with E-state index in [0.29, 0.717) is 38.9 Å². The van der Waals surface area contributed by atoms with E-state index in [9.17, 15) is 9.59 Å². The van der Waals surface area contributed by atoms with Crippen molar-refractivity contribution in [3.63, 3.8) is 0 Å². The van der Waals surface area contributed by atoms with Crippen LogP contribution in [0, 0.1) is 5.41 Å². The molecule has 8 nitrogen and oxygen atoms in total. The largest absolute Gasteiger partial charge is 0.343 e. The lowest BCUT2D eigenvalue weighted by molar-refractivity contribution is 0.0951. The van der Waals surface area contributed by atoms with Crippen LogP contribution >= 0.6 is 11.3 Å². The molecule has 1 aliphatic carbocycles. The fourth-order valence-electron chi connectivity index (χ4n) is 4.12. The Morgan fingerprint density at radius 3 is 2.87 bits per heavy atom. The van der Waals surface area contributed by atoms with E-state index in [4.69, 9.17) is 5.41 Å². The van der Waals surface area contributed by atoms with Crippen LogP contribution in [-0.4, -0.2) is 33.7 Å². The second-order valence-electron chi connectivity index (χ2n) is 8.12. The maximum Gasteiger partial charge on any atom is 0.331 e. The number of aromatic nitrogens is 2. The molecule has 0 aromatic carbocycles. The number of rotatable bonds is 4. The van der Waals surface area contributed by atoms with E-state index in [1.54, 1.807) is 29.4 Å². The van der Waals surface area contributed by atoms with Crippen molar-refractivity contribution in [1.82, 2.24) is 15.3 Å². The number of hydrogen-bond donors (Lipinski definition) is 3. The molecule has 0 bridgehead atoms. The van der Waals surface area contributed by atoms with E-state index in [1.165, 1.54) is 11.3 Å². The normalized spacial score (nSPS) is 18.0. The predicted octanol–water partition coefficient (Wildman–Crippen LogP) is 4.80. The molecule has 158 valence electrons. The minimum absolute atomic E-state index is 0.228. The highest BCUT2D eigenvalue weighted by Gasteiger charge is 2.34. The fourth-order valence-corrected chi connectivity index (χ4v) is 5.14. The number of carbonyl (C=O) groups excluding carboxylic acids is 2. The number of nitrogens with one attached hydrogen (secondary N) is 3. The van der Waals surface area contributed by atoms with Gasteiger partial charge in [0.15, 0.2) is 0 Å². The van der Waals surface area contributed by atoms with Gasteiger partial charge < -0.3 is 16.0 Å². The molecule has 1 atom stereocenters. The van der Waals surface area contributed by atoms with E-state index < -0.39 is 0 Å². The third-order valence-corrected chi connectivity index (χ3v) is 6.83. The molecule has 3 N–H and O–H groups in total. The summed E-state index contributed by atoms with van der Waals surface area (Å²) in [6.07, 6.45) is 5.75. The minimum Gasteiger partial charge on any atom is -0.343 e. The summed E-state index contributed by atoms with van der Waals surface area (Å²) in [5.41, 5.74) is 3.34. The van der Waals surface area contributed by atoms with Crippen molar-refractivity contribution >= 4 is 56.3 Å². The standard InChI is InChI=1S/C22H22N6O2S/c1-11(2)15-10-12(6-8-24-15)28-16-7-9-25-21-17(16)18(27-22(28)30)19(31-21)20(29)26-14-5-3-4-13(14)23/h6-11,14,23H,3-5H2,1-2H3,(H,26,29)(H,27,30)/t14-/m1/s1. The Labute approximate surface area is 183 Å². The number of pyridine rings is 2. The summed E-state index contributed by atoms with van der Waals surface area (Å²) in [7, 11) is 0. The van der Waals surface area contributed by atoms with Crippen LogP contribution in [0.5, 0.6) is 0 Å². The van der Waals surface area contributed by atoms with Crippen molar-refractivity contribution in [1.29, 1.82) is 5.41 Å². The van der Waals surface area contributed by atoms with E-state index in [1.807, 2.05) is 6.07 Å². The Bertz CT molecular complexity index is 1230. The first kappa shape index (κ1) is 19.6. The highest BCUT2D eigenvalue weighted by molar-refractivity contribution is 7.21. The number of thiophene rings is 1. The van der Waals surface area contributed by atoms with Crippen LogP contribution in [0.4, 0.5) is 21.9 Å². The second-order valence-corrected chi connectivity index (χ2v) is 9.12. The van der Waals surface area contributed by atoms with Crippen LogP contribution in [0.2, 0.25) is 0 Å². The summed E-state index contributed by atoms with van der Waals surface area (Å²) in [6, 6.07) is 4.93. The Kier molecular flexibility index (Phi) is 4.70. The lowest BCUT2D eigenvalue weighted by Gasteiger charge is -2.28. The van der Waals surface area contributed by atoms with Gasteiger partial charge in [-0.2, -0.15) is 0 Å². The van der Waals surface area contributed by atoms with Gasteiger partial charge in [-0.25, -0.2) is 9.78 Å². The number of hydrogen-bond acceptors (Lipinski definition) is 6. The molecule has 1 aliphatic heterocycles. The molecular formula is C22H22N6O2S. The van der Waals surface area contributed by atoms with Crippen LogP contribution in [0.25, 0.3) is 10.2 Å². The summed E-state index contributed by atoms with van der Waals surface area (Å²) in [5.74, 6) is -0.0491.